The fraction of sp³-hybridized carbons (Fsp3) is 0.611. The van der Waals surface area contributed by atoms with E-state index in [1.54, 1.807) is 12.1 Å². The molecule has 1 aromatic carbocycles. The van der Waals surface area contributed by atoms with Crippen molar-refractivity contribution in [1.29, 1.82) is 0 Å². The lowest BCUT2D eigenvalue weighted by molar-refractivity contribution is -0.116. The van der Waals surface area contributed by atoms with Crippen LogP contribution in [0.15, 0.2) is 24.3 Å². The maximum absolute atomic E-state index is 12.9. The number of nitrogens with zero attached hydrogens (tertiary/aromatic N) is 1. The second-order valence-electron chi connectivity index (χ2n) is 6.58. The highest BCUT2D eigenvalue weighted by atomic mass is 19.1. The van der Waals surface area contributed by atoms with Gasteiger partial charge in [0, 0.05) is 43.3 Å². The predicted octanol–water partition coefficient (Wildman–Crippen LogP) is 2.24. The third-order valence-corrected chi connectivity index (χ3v) is 4.37. The van der Waals surface area contributed by atoms with E-state index in [4.69, 9.17) is 4.74 Å². The van der Waals surface area contributed by atoms with Gasteiger partial charge in [-0.15, -0.1) is 0 Å². The fourth-order valence-corrected chi connectivity index (χ4v) is 2.98. The Morgan fingerprint density at radius 2 is 2.08 bits per heavy atom. The van der Waals surface area contributed by atoms with Gasteiger partial charge in [-0.3, -0.25) is 9.69 Å². The van der Waals surface area contributed by atoms with E-state index in [0.29, 0.717) is 24.2 Å². The van der Waals surface area contributed by atoms with Crippen LogP contribution in [-0.4, -0.2) is 55.2 Å². The zero-order valence-corrected chi connectivity index (χ0v) is 14.7. The lowest BCUT2D eigenvalue weighted by Crippen LogP contribution is -2.52. The Bertz CT molecular complexity index is 524. The second kappa shape index (κ2) is 9.11. The molecular weight excluding hydrogens is 309 g/mol. The van der Waals surface area contributed by atoms with Gasteiger partial charge in [0.15, 0.2) is 0 Å². The number of carbonyl (C=O) groups is 1. The molecule has 0 spiro atoms. The molecular formula is C18H28FN3O2. The number of morpholine rings is 1. The molecule has 1 heterocycles. The predicted molar refractivity (Wildman–Crippen MR) is 93.6 cm³/mol. The molecule has 3 atom stereocenters. The maximum atomic E-state index is 12.9. The number of hydrogen-bond donors (Lipinski definition) is 2. The van der Waals surface area contributed by atoms with Crippen LogP contribution in [0.4, 0.5) is 10.1 Å². The average Bonchev–Trinajstić information content (AvgIpc) is 2.55. The number of rotatable bonds is 7. The molecule has 5 nitrogen and oxygen atoms in total. The number of halogens is 1. The fourth-order valence-electron chi connectivity index (χ4n) is 2.98. The van der Waals surface area contributed by atoms with Gasteiger partial charge in [-0.1, -0.05) is 0 Å². The highest BCUT2D eigenvalue weighted by molar-refractivity contribution is 5.91. The average molecular weight is 337 g/mol. The zero-order chi connectivity index (χ0) is 17.5. The first-order valence-electron chi connectivity index (χ1n) is 8.58. The number of carbonyl (C=O) groups excluding carboxylic acids is 1. The molecule has 6 heteroatoms. The Morgan fingerprint density at radius 3 is 2.75 bits per heavy atom. The first kappa shape index (κ1) is 18.8. The van der Waals surface area contributed by atoms with Gasteiger partial charge in [-0.05, 0) is 45.0 Å². The van der Waals surface area contributed by atoms with Crippen LogP contribution in [0, 0.1) is 5.82 Å². The highest BCUT2D eigenvalue weighted by Gasteiger charge is 2.23. The van der Waals surface area contributed by atoms with Gasteiger partial charge in [-0.25, -0.2) is 4.39 Å². The van der Waals surface area contributed by atoms with E-state index in [0.717, 1.165) is 26.3 Å². The molecule has 1 fully saturated rings. The van der Waals surface area contributed by atoms with Crippen LogP contribution in [0.5, 0.6) is 0 Å². The number of nitrogens with one attached hydrogen (secondary N) is 2. The smallest absolute Gasteiger partial charge is 0.225 e. The number of amides is 1. The van der Waals surface area contributed by atoms with Crippen LogP contribution in [-0.2, 0) is 9.53 Å². The van der Waals surface area contributed by atoms with Crippen LogP contribution in [0.2, 0.25) is 0 Å². The second-order valence-corrected chi connectivity index (χ2v) is 6.58. The van der Waals surface area contributed by atoms with Crippen molar-refractivity contribution in [2.45, 2.75) is 45.3 Å². The first-order valence-corrected chi connectivity index (χ1v) is 8.58. The van der Waals surface area contributed by atoms with Crippen LogP contribution in [0.3, 0.4) is 0 Å². The monoisotopic (exact) mass is 337 g/mol. The van der Waals surface area contributed by atoms with E-state index >= 15 is 0 Å². The Morgan fingerprint density at radius 1 is 1.38 bits per heavy atom. The van der Waals surface area contributed by atoms with Crippen molar-refractivity contribution in [2.75, 3.05) is 31.6 Å². The SMILES string of the molecule is C[C@H](CC(=O)Nc1ccc(F)cc1)NC[C@H](C)N1CCOC[C@@H]1C. The topological polar surface area (TPSA) is 53.6 Å². The summed E-state index contributed by atoms with van der Waals surface area (Å²) in [6.45, 7) is 9.71. The van der Waals surface area contributed by atoms with Crippen molar-refractivity contribution in [3.8, 4) is 0 Å². The zero-order valence-electron chi connectivity index (χ0n) is 14.7. The third kappa shape index (κ3) is 5.85. The molecule has 134 valence electrons. The molecule has 1 aliphatic rings. The lowest BCUT2D eigenvalue weighted by atomic mass is 10.1. The summed E-state index contributed by atoms with van der Waals surface area (Å²) in [5.74, 6) is -0.386. The molecule has 1 saturated heterocycles. The number of anilines is 1. The minimum absolute atomic E-state index is 0.0734. The van der Waals surface area contributed by atoms with E-state index in [9.17, 15) is 9.18 Å². The van der Waals surface area contributed by atoms with Crippen LogP contribution in [0.1, 0.15) is 27.2 Å². The lowest BCUT2D eigenvalue weighted by Gasteiger charge is -2.38. The van der Waals surface area contributed by atoms with Gasteiger partial charge in [0.05, 0.1) is 13.2 Å². The van der Waals surface area contributed by atoms with Crippen molar-refractivity contribution in [1.82, 2.24) is 10.2 Å². The van der Waals surface area contributed by atoms with Crippen LogP contribution in [0.25, 0.3) is 0 Å². The number of ether oxygens (including phenoxy) is 1. The normalized spacial score (nSPS) is 21.2. The quantitative estimate of drug-likeness (QED) is 0.801. The summed E-state index contributed by atoms with van der Waals surface area (Å²) in [7, 11) is 0. The number of benzene rings is 1. The molecule has 2 rings (SSSR count). The van der Waals surface area contributed by atoms with Crippen LogP contribution >= 0.6 is 0 Å². The van der Waals surface area contributed by atoms with E-state index in [2.05, 4.69) is 29.4 Å². The van der Waals surface area contributed by atoms with E-state index < -0.39 is 0 Å². The van der Waals surface area contributed by atoms with Gasteiger partial charge in [-0.2, -0.15) is 0 Å². The molecule has 1 aliphatic heterocycles. The molecule has 0 bridgehead atoms. The minimum Gasteiger partial charge on any atom is -0.379 e. The molecule has 24 heavy (non-hydrogen) atoms. The third-order valence-electron chi connectivity index (χ3n) is 4.37. The Balaban J connectivity index is 1.71. The van der Waals surface area contributed by atoms with Crippen molar-refractivity contribution in [3.63, 3.8) is 0 Å². The molecule has 0 saturated carbocycles. The van der Waals surface area contributed by atoms with Gasteiger partial charge < -0.3 is 15.4 Å². The molecule has 0 unspecified atom stereocenters. The Hall–Kier alpha value is -1.50. The van der Waals surface area contributed by atoms with E-state index in [1.165, 1.54) is 12.1 Å². The first-order chi connectivity index (χ1) is 11.5. The van der Waals surface area contributed by atoms with Crippen LogP contribution < -0.4 is 10.6 Å². The Labute approximate surface area is 143 Å². The standard InChI is InChI=1S/C18H28FN3O2/c1-13(10-18(23)21-17-6-4-16(19)5-7-17)20-11-14(2)22-8-9-24-12-15(22)3/h4-7,13-15,20H,8-12H2,1-3H3,(H,21,23)/t13-,14+,15+/m1/s1. The summed E-state index contributed by atoms with van der Waals surface area (Å²) in [6, 6.07) is 6.69. The van der Waals surface area contributed by atoms with Gasteiger partial charge in [0.25, 0.3) is 0 Å². The molecule has 1 amide bonds. The number of hydrogen-bond acceptors (Lipinski definition) is 4. The largest absolute Gasteiger partial charge is 0.379 e. The van der Waals surface area contributed by atoms with E-state index in [1.807, 2.05) is 6.92 Å². The summed E-state index contributed by atoms with van der Waals surface area (Å²) in [5.41, 5.74) is 0.615. The molecule has 0 aliphatic carbocycles. The van der Waals surface area contributed by atoms with Gasteiger partial charge in [0.1, 0.15) is 5.82 Å². The molecule has 0 aromatic heterocycles. The summed E-state index contributed by atoms with van der Waals surface area (Å²) in [5, 5.41) is 6.21. The summed E-state index contributed by atoms with van der Waals surface area (Å²) >= 11 is 0. The van der Waals surface area contributed by atoms with Gasteiger partial charge >= 0.3 is 0 Å². The molecule has 1 aromatic rings. The minimum atomic E-state index is -0.311. The molecule has 2 N–H and O–H groups in total. The van der Waals surface area contributed by atoms with Crippen molar-refractivity contribution in [2.24, 2.45) is 0 Å². The maximum Gasteiger partial charge on any atom is 0.225 e. The summed E-state index contributed by atoms with van der Waals surface area (Å²) in [4.78, 5) is 14.5. The van der Waals surface area contributed by atoms with E-state index in [-0.39, 0.29) is 17.8 Å². The van der Waals surface area contributed by atoms with Gasteiger partial charge in [0.2, 0.25) is 5.91 Å². The van der Waals surface area contributed by atoms with Crippen molar-refractivity contribution in [3.05, 3.63) is 30.1 Å². The molecule has 0 radical (unpaired) electrons. The van der Waals surface area contributed by atoms with Crippen molar-refractivity contribution >= 4 is 11.6 Å². The highest BCUT2D eigenvalue weighted by Crippen LogP contribution is 2.11. The Kier molecular flexibility index (Phi) is 7.15. The van der Waals surface area contributed by atoms with Crippen molar-refractivity contribution < 1.29 is 13.9 Å². The summed E-state index contributed by atoms with van der Waals surface area (Å²) in [6.07, 6.45) is 0.378. The summed E-state index contributed by atoms with van der Waals surface area (Å²) < 4.78 is 18.3.